The quantitative estimate of drug-likeness (QED) is 0.772. The highest BCUT2D eigenvalue weighted by Gasteiger charge is 2.51. The summed E-state index contributed by atoms with van der Waals surface area (Å²) in [6, 6.07) is 4.20. The van der Waals surface area contributed by atoms with Crippen LogP contribution < -0.4 is 10.4 Å². The lowest BCUT2D eigenvalue weighted by atomic mass is 9.79. The molecule has 0 unspecified atom stereocenters. The van der Waals surface area contributed by atoms with E-state index < -0.39 is 0 Å². The van der Waals surface area contributed by atoms with Crippen LogP contribution in [0.4, 0.5) is 5.82 Å². The van der Waals surface area contributed by atoms with Gasteiger partial charge in [0.25, 0.3) is 0 Å². The minimum atomic E-state index is -0.326. The van der Waals surface area contributed by atoms with E-state index in [1.54, 1.807) is 0 Å². The minimum Gasteiger partial charge on any atom is -0.399 e. The zero-order valence-electron chi connectivity index (χ0n) is 15.2. The van der Waals surface area contributed by atoms with Crippen molar-refractivity contribution in [2.45, 2.75) is 45.8 Å². The van der Waals surface area contributed by atoms with Crippen molar-refractivity contribution in [3.8, 4) is 0 Å². The molecule has 0 saturated carbocycles. The molecule has 0 atom stereocenters. The monoisotopic (exact) mass is 317 g/mol. The van der Waals surface area contributed by atoms with Crippen molar-refractivity contribution < 1.29 is 9.31 Å². The second kappa shape index (κ2) is 5.76. The number of nitrogens with zero attached hydrogens (tertiary/aromatic N) is 3. The van der Waals surface area contributed by atoms with Crippen molar-refractivity contribution in [3.05, 3.63) is 17.8 Å². The van der Waals surface area contributed by atoms with Crippen LogP contribution in [0, 0.1) is 6.92 Å². The molecule has 1 aromatic heterocycles. The molecule has 2 saturated heterocycles. The summed E-state index contributed by atoms with van der Waals surface area (Å²) < 4.78 is 12.4. The van der Waals surface area contributed by atoms with E-state index in [0.29, 0.717) is 0 Å². The highest BCUT2D eigenvalue weighted by molar-refractivity contribution is 6.62. The third-order valence-corrected chi connectivity index (χ3v) is 5.31. The molecule has 3 rings (SSSR count). The van der Waals surface area contributed by atoms with Crippen molar-refractivity contribution >= 4 is 18.4 Å². The largest absolute Gasteiger partial charge is 0.495 e. The molecular weight excluding hydrogens is 289 g/mol. The van der Waals surface area contributed by atoms with Gasteiger partial charge in [0.2, 0.25) is 0 Å². The number of aryl methyl sites for hydroxylation is 1. The van der Waals surface area contributed by atoms with Crippen LogP contribution in [0.3, 0.4) is 0 Å². The first-order valence-electron chi connectivity index (χ1n) is 8.46. The van der Waals surface area contributed by atoms with Gasteiger partial charge in [-0.2, -0.15) is 0 Å². The molecule has 0 radical (unpaired) electrons. The highest BCUT2D eigenvalue weighted by atomic mass is 16.7. The van der Waals surface area contributed by atoms with Crippen molar-refractivity contribution in [3.63, 3.8) is 0 Å². The van der Waals surface area contributed by atoms with E-state index in [1.165, 1.54) is 0 Å². The lowest BCUT2D eigenvalue weighted by Crippen LogP contribution is -2.45. The molecule has 0 spiro atoms. The summed E-state index contributed by atoms with van der Waals surface area (Å²) in [5, 5.41) is 0. The maximum atomic E-state index is 6.19. The highest BCUT2D eigenvalue weighted by Crippen LogP contribution is 2.36. The molecule has 5 nitrogen and oxygen atoms in total. The van der Waals surface area contributed by atoms with Crippen molar-refractivity contribution in [2.75, 3.05) is 38.1 Å². The number of anilines is 1. The second-order valence-corrected chi connectivity index (χ2v) is 7.78. The first-order chi connectivity index (χ1) is 10.7. The van der Waals surface area contributed by atoms with E-state index in [-0.39, 0.29) is 18.3 Å². The minimum absolute atomic E-state index is 0.317. The van der Waals surface area contributed by atoms with Crippen LogP contribution in [-0.2, 0) is 9.31 Å². The average molecular weight is 317 g/mol. The van der Waals surface area contributed by atoms with Gasteiger partial charge in [0.15, 0.2) is 0 Å². The van der Waals surface area contributed by atoms with E-state index in [0.717, 1.165) is 43.2 Å². The van der Waals surface area contributed by atoms with Crippen molar-refractivity contribution in [1.82, 2.24) is 9.88 Å². The summed E-state index contributed by atoms with van der Waals surface area (Å²) in [5.41, 5.74) is 1.43. The van der Waals surface area contributed by atoms with Crippen LogP contribution in [-0.4, -0.2) is 61.4 Å². The Labute approximate surface area is 140 Å². The number of hydrogen-bond donors (Lipinski definition) is 0. The fourth-order valence-corrected chi connectivity index (χ4v) is 2.99. The van der Waals surface area contributed by atoms with Gasteiger partial charge in [0.05, 0.1) is 11.2 Å². The molecular formula is C17H28BN3O2. The number of rotatable bonds is 2. The molecule has 0 N–H and O–H groups in total. The fraction of sp³-hybridized carbons (Fsp3) is 0.706. The molecule has 1 aromatic rings. The van der Waals surface area contributed by atoms with Crippen LogP contribution in [0.2, 0.25) is 0 Å². The molecule has 0 aliphatic carbocycles. The van der Waals surface area contributed by atoms with E-state index in [4.69, 9.17) is 14.3 Å². The summed E-state index contributed by atoms with van der Waals surface area (Å²) >= 11 is 0. The lowest BCUT2D eigenvalue weighted by Gasteiger charge is -2.33. The van der Waals surface area contributed by atoms with Crippen LogP contribution in [0.15, 0.2) is 12.1 Å². The van der Waals surface area contributed by atoms with Crippen LogP contribution in [0.1, 0.15) is 33.4 Å². The summed E-state index contributed by atoms with van der Waals surface area (Å²) in [5.74, 6) is 1.03. The Morgan fingerprint density at radius 1 is 1.00 bits per heavy atom. The Morgan fingerprint density at radius 3 is 2.13 bits per heavy atom. The predicted octanol–water partition coefficient (Wildman–Crippen LogP) is 1.44. The molecule has 2 aliphatic rings. The van der Waals surface area contributed by atoms with Gasteiger partial charge in [-0.3, -0.25) is 0 Å². The van der Waals surface area contributed by atoms with Gasteiger partial charge in [-0.25, -0.2) is 4.98 Å². The third-order valence-electron chi connectivity index (χ3n) is 5.31. The molecule has 126 valence electrons. The Kier molecular flexibility index (Phi) is 4.19. The fourth-order valence-electron chi connectivity index (χ4n) is 2.99. The van der Waals surface area contributed by atoms with Gasteiger partial charge in [0, 0.05) is 31.9 Å². The number of pyridine rings is 1. The van der Waals surface area contributed by atoms with E-state index >= 15 is 0 Å². The average Bonchev–Trinajstić information content (AvgIpc) is 2.67. The zero-order valence-corrected chi connectivity index (χ0v) is 15.2. The van der Waals surface area contributed by atoms with E-state index in [2.05, 4.69) is 56.7 Å². The van der Waals surface area contributed by atoms with Gasteiger partial charge in [-0.15, -0.1) is 0 Å². The Morgan fingerprint density at radius 2 is 1.57 bits per heavy atom. The standard InChI is InChI=1S/C17H28BN3O2/c1-13-11-14(18-22-16(2,3)17(4,5)23-18)12-15(19-13)21-9-7-20(6)8-10-21/h11-12H,7-10H2,1-6H3. The van der Waals surface area contributed by atoms with Crippen LogP contribution in [0.25, 0.3) is 0 Å². The van der Waals surface area contributed by atoms with Gasteiger partial charge in [0.1, 0.15) is 5.82 Å². The van der Waals surface area contributed by atoms with Gasteiger partial charge in [-0.05, 0) is 59.3 Å². The summed E-state index contributed by atoms with van der Waals surface area (Å²) in [6.07, 6.45) is 0. The number of hydrogen-bond acceptors (Lipinski definition) is 5. The maximum Gasteiger partial charge on any atom is 0.495 e. The number of likely N-dealkylation sites (N-methyl/N-ethyl adjacent to an activating group) is 1. The molecule has 2 aliphatic heterocycles. The molecule has 23 heavy (non-hydrogen) atoms. The molecule has 0 aromatic carbocycles. The predicted molar refractivity (Wildman–Crippen MR) is 94.4 cm³/mol. The van der Waals surface area contributed by atoms with Crippen molar-refractivity contribution in [1.29, 1.82) is 0 Å². The summed E-state index contributed by atoms with van der Waals surface area (Å²) in [4.78, 5) is 9.42. The number of piperazine rings is 1. The molecule has 0 amide bonds. The maximum absolute atomic E-state index is 6.19. The van der Waals surface area contributed by atoms with Gasteiger partial charge < -0.3 is 19.1 Å². The number of aromatic nitrogens is 1. The van der Waals surface area contributed by atoms with Crippen LogP contribution >= 0.6 is 0 Å². The Balaban J connectivity index is 1.84. The second-order valence-electron chi connectivity index (χ2n) is 7.78. The summed E-state index contributed by atoms with van der Waals surface area (Å²) in [7, 11) is 1.84. The Bertz CT molecular complexity index is 567. The SMILES string of the molecule is Cc1cc(B2OC(C)(C)C(C)(C)O2)cc(N2CCN(C)CC2)n1. The summed E-state index contributed by atoms with van der Waals surface area (Å²) in [6.45, 7) is 14.5. The third kappa shape index (κ3) is 3.25. The van der Waals surface area contributed by atoms with Gasteiger partial charge in [-0.1, -0.05) is 0 Å². The first kappa shape index (κ1) is 16.7. The smallest absolute Gasteiger partial charge is 0.399 e. The molecule has 6 heteroatoms. The molecule has 3 heterocycles. The first-order valence-corrected chi connectivity index (χ1v) is 8.46. The lowest BCUT2D eigenvalue weighted by molar-refractivity contribution is 0.00578. The topological polar surface area (TPSA) is 37.8 Å². The van der Waals surface area contributed by atoms with Gasteiger partial charge >= 0.3 is 7.12 Å². The normalized spacial score (nSPS) is 24.3. The van der Waals surface area contributed by atoms with E-state index in [1.807, 2.05) is 6.92 Å². The van der Waals surface area contributed by atoms with Crippen LogP contribution in [0.5, 0.6) is 0 Å². The molecule has 0 bridgehead atoms. The Hall–Kier alpha value is -1.11. The van der Waals surface area contributed by atoms with Crippen molar-refractivity contribution in [2.24, 2.45) is 0 Å². The zero-order chi connectivity index (χ0) is 16.8. The van der Waals surface area contributed by atoms with E-state index in [9.17, 15) is 0 Å². The molecule has 2 fully saturated rings.